The molecule has 1 rings (SSSR count). The van der Waals surface area contributed by atoms with Crippen LogP contribution in [0.5, 0.6) is 0 Å². The number of amides is 1. The molecule has 1 heterocycles. The lowest BCUT2D eigenvalue weighted by atomic mass is 10.1. The van der Waals surface area contributed by atoms with Crippen LogP contribution in [0.25, 0.3) is 0 Å². The third kappa shape index (κ3) is 3.88. The van der Waals surface area contributed by atoms with Crippen LogP contribution in [0.15, 0.2) is 22.8 Å². The summed E-state index contributed by atoms with van der Waals surface area (Å²) in [6.07, 6.45) is 2.93. The summed E-state index contributed by atoms with van der Waals surface area (Å²) < 4.78 is 5.11. The summed E-state index contributed by atoms with van der Waals surface area (Å²) in [5, 5.41) is 2.66. The van der Waals surface area contributed by atoms with Crippen LogP contribution < -0.4 is 5.32 Å². The number of nitrogens with one attached hydrogen (secondary N) is 1. The lowest BCUT2D eigenvalue weighted by Crippen LogP contribution is -2.38. The Morgan fingerprint density at radius 2 is 2.25 bits per heavy atom. The average molecular weight is 223 g/mol. The van der Waals surface area contributed by atoms with Crippen molar-refractivity contribution in [1.29, 1.82) is 0 Å². The van der Waals surface area contributed by atoms with Crippen LogP contribution >= 0.6 is 0 Å². The van der Waals surface area contributed by atoms with Crippen molar-refractivity contribution in [1.82, 2.24) is 5.32 Å². The van der Waals surface area contributed by atoms with Crippen LogP contribution in [0.2, 0.25) is 0 Å². The third-order valence-electron chi connectivity index (χ3n) is 2.39. The fourth-order valence-electron chi connectivity index (χ4n) is 1.39. The Kier molecular flexibility index (Phi) is 4.76. The summed E-state index contributed by atoms with van der Waals surface area (Å²) in [5.74, 6) is 0.710. The molecule has 1 atom stereocenters. The molecule has 0 aliphatic heterocycles. The van der Waals surface area contributed by atoms with Crippen molar-refractivity contribution in [3.8, 4) is 0 Å². The Labute approximate surface area is 95.0 Å². The minimum absolute atomic E-state index is 0.0475. The quantitative estimate of drug-likeness (QED) is 0.798. The van der Waals surface area contributed by atoms with Gasteiger partial charge in [-0.25, -0.2) is 0 Å². The first-order chi connectivity index (χ1) is 7.63. The van der Waals surface area contributed by atoms with Gasteiger partial charge < -0.3 is 9.73 Å². The van der Waals surface area contributed by atoms with Crippen molar-refractivity contribution in [2.75, 3.05) is 0 Å². The Balaban J connectivity index is 2.28. The smallest absolute Gasteiger partial charge is 0.221 e. The molecule has 0 bridgehead atoms. The Morgan fingerprint density at radius 3 is 2.81 bits per heavy atom. The van der Waals surface area contributed by atoms with E-state index in [1.165, 1.54) is 0 Å². The van der Waals surface area contributed by atoms with Gasteiger partial charge >= 0.3 is 0 Å². The van der Waals surface area contributed by atoms with E-state index in [0.29, 0.717) is 19.3 Å². The van der Waals surface area contributed by atoms with Crippen molar-refractivity contribution in [3.63, 3.8) is 0 Å². The molecular weight excluding hydrogens is 206 g/mol. The van der Waals surface area contributed by atoms with Gasteiger partial charge in [0.05, 0.1) is 12.3 Å². The van der Waals surface area contributed by atoms with Crippen molar-refractivity contribution >= 4 is 11.7 Å². The zero-order valence-electron chi connectivity index (χ0n) is 9.66. The van der Waals surface area contributed by atoms with Gasteiger partial charge in [0.15, 0.2) is 5.78 Å². The maximum Gasteiger partial charge on any atom is 0.221 e. The molecule has 1 N–H and O–H groups in total. The number of carbonyl (C=O) groups excluding carboxylic acids is 2. The maximum atomic E-state index is 11.5. The fourth-order valence-corrected chi connectivity index (χ4v) is 1.39. The minimum atomic E-state index is -0.394. The Bertz CT molecular complexity index is 343. The molecule has 0 aliphatic carbocycles. The van der Waals surface area contributed by atoms with E-state index in [4.69, 9.17) is 4.42 Å². The molecule has 1 aromatic rings. The number of hydrogen-bond acceptors (Lipinski definition) is 3. The van der Waals surface area contributed by atoms with E-state index in [9.17, 15) is 9.59 Å². The molecule has 0 saturated heterocycles. The first-order valence-electron chi connectivity index (χ1n) is 5.48. The van der Waals surface area contributed by atoms with Crippen LogP contribution in [-0.4, -0.2) is 17.7 Å². The predicted octanol–water partition coefficient (Wildman–Crippen LogP) is 1.70. The second-order valence-corrected chi connectivity index (χ2v) is 3.69. The van der Waals surface area contributed by atoms with E-state index in [1.807, 2.05) is 6.07 Å². The molecule has 0 saturated carbocycles. The lowest BCUT2D eigenvalue weighted by molar-refractivity contribution is -0.127. The molecule has 1 amide bonds. The van der Waals surface area contributed by atoms with E-state index >= 15 is 0 Å². The van der Waals surface area contributed by atoms with E-state index in [-0.39, 0.29) is 11.7 Å². The lowest BCUT2D eigenvalue weighted by Gasteiger charge is -2.11. The van der Waals surface area contributed by atoms with Gasteiger partial charge in [0, 0.05) is 19.3 Å². The molecule has 4 heteroatoms. The van der Waals surface area contributed by atoms with Gasteiger partial charge in [0.2, 0.25) is 5.91 Å². The topological polar surface area (TPSA) is 59.3 Å². The van der Waals surface area contributed by atoms with E-state index < -0.39 is 6.04 Å². The molecule has 0 aromatic carbocycles. The van der Waals surface area contributed by atoms with Crippen molar-refractivity contribution in [2.24, 2.45) is 0 Å². The standard InChI is InChI=1S/C12H17NO3/c1-3-11(14)9(2)13-12(15)7-6-10-5-4-8-16-10/h4-5,8-9H,3,6-7H2,1-2H3,(H,13,15). The largest absolute Gasteiger partial charge is 0.469 e. The van der Waals surface area contributed by atoms with Crippen LogP contribution in [0.4, 0.5) is 0 Å². The van der Waals surface area contributed by atoms with Gasteiger partial charge in [-0.15, -0.1) is 0 Å². The Hall–Kier alpha value is -1.58. The van der Waals surface area contributed by atoms with Gasteiger partial charge in [0.25, 0.3) is 0 Å². The summed E-state index contributed by atoms with van der Waals surface area (Å²) in [4.78, 5) is 22.7. The third-order valence-corrected chi connectivity index (χ3v) is 2.39. The summed E-state index contributed by atoms with van der Waals surface area (Å²) in [6.45, 7) is 3.49. The van der Waals surface area contributed by atoms with Gasteiger partial charge in [-0.3, -0.25) is 9.59 Å². The first-order valence-corrected chi connectivity index (χ1v) is 5.48. The molecule has 0 radical (unpaired) electrons. The molecule has 4 nitrogen and oxygen atoms in total. The van der Waals surface area contributed by atoms with Gasteiger partial charge in [0.1, 0.15) is 5.76 Å². The highest BCUT2D eigenvalue weighted by Crippen LogP contribution is 2.03. The number of ketones is 1. The Morgan fingerprint density at radius 1 is 1.50 bits per heavy atom. The summed E-state index contributed by atoms with van der Waals surface area (Å²) in [7, 11) is 0. The molecule has 0 aliphatic rings. The van der Waals surface area contributed by atoms with Crippen molar-refractivity contribution in [3.05, 3.63) is 24.2 Å². The molecule has 0 spiro atoms. The second-order valence-electron chi connectivity index (χ2n) is 3.69. The van der Waals surface area contributed by atoms with E-state index in [0.717, 1.165) is 5.76 Å². The van der Waals surface area contributed by atoms with Crippen LogP contribution in [0.1, 0.15) is 32.4 Å². The highest BCUT2D eigenvalue weighted by Gasteiger charge is 2.13. The van der Waals surface area contributed by atoms with Gasteiger partial charge in [-0.2, -0.15) is 0 Å². The monoisotopic (exact) mass is 223 g/mol. The van der Waals surface area contributed by atoms with Gasteiger partial charge in [-0.05, 0) is 19.1 Å². The molecule has 1 aromatic heterocycles. The summed E-state index contributed by atoms with van der Waals surface area (Å²) >= 11 is 0. The van der Waals surface area contributed by atoms with E-state index in [2.05, 4.69) is 5.32 Å². The molecule has 88 valence electrons. The predicted molar refractivity (Wildman–Crippen MR) is 59.9 cm³/mol. The fraction of sp³-hybridized carbons (Fsp3) is 0.500. The first kappa shape index (κ1) is 12.5. The SMILES string of the molecule is CCC(=O)C(C)NC(=O)CCc1ccco1. The normalized spacial score (nSPS) is 12.1. The number of rotatable bonds is 6. The van der Waals surface area contributed by atoms with Crippen molar-refractivity contribution < 1.29 is 14.0 Å². The number of hydrogen-bond donors (Lipinski definition) is 1. The minimum Gasteiger partial charge on any atom is -0.469 e. The average Bonchev–Trinajstić information content (AvgIpc) is 2.78. The second kappa shape index (κ2) is 6.10. The number of carbonyl (C=O) groups is 2. The zero-order valence-corrected chi connectivity index (χ0v) is 9.66. The number of furan rings is 1. The summed E-state index contributed by atoms with van der Waals surface area (Å²) in [6, 6.07) is 3.22. The zero-order chi connectivity index (χ0) is 12.0. The highest BCUT2D eigenvalue weighted by atomic mass is 16.3. The number of Topliss-reactive ketones (excluding diaryl/α,β-unsaturated/α-hetero) is 1. The summed E-state index contributed by atoms with van der Waals surface area (Å²) in [5.41, 5.74) is 0. The molecular formula is C12H17NO3. The van der Waals surface area contributed by atoms with Crippen LogP contribution in [0, 0.1) is 0 Å². The van der Waals surface area contributed by atoms with Crippen LogP contribution in [0.3, 0.4) is 0 Å². The molecule has 1 unspecified atom stereocenters. The molecule has 16 heavy (non-hydrogen) atoms. The molecule has 0 fully saturated rings. The van der Waals surface area contributed by atoms with E-state index in [1.54, 1.807) is 26.2 Å². The van der Waals surface area contributed by atoms with Gasteiger partial charge in [-0.1, -0.05) is 6.92 Å². The maximum absolute atomic E-state index is 11.5. The van der Waals surface area contributed by atoms with Crippen molar-refractivity contribution in [2.45, 2.75) is 39.2 Å². The van der Waals surface area contributed by atoms with Crippen LogP contribution in [-0.2, 0) is 16.0 Å². The number of aryl methyl sites for hydroxylation is 1. The highest BCUT2D eigenvalue weighted by molar-refractivity contribution is 5.88.